The number of hydrogen-bond acceptors (Lipinski definition) is 5. The monoisotopic (exact) mass is 427 g/mol. The first-order chi connectivity index (χ1) is 13.4. The number of nitrogens with zero attached hydrogens (tertiary/aromatic N) is 1. The van der Waals surface area contributed by atoms with Crippen LogP contribution in [-0.2, 0) is 25.1 Å². The topological polar surface area (TPSA) is 87.7 Å². The van der Waals surface area contributed by atoms with Gasteiger partial charge in [-0.15, -0.1) is 0 Å². The Bertz CT molecular complexity index is 820. The van der Waals surface area contributed by atoms with Crippen molar-refractivity contribution < 1.29 is 17.9 Å². The van der Waals surface area contributed by atoms with E-state index in [4.69, 9.17) is 16.3 Å². The van der Waals surface area contributed by atoms with Gasteiger partial charge in [-0.1, -0.05) is 23.7 Å². The summed E-state index contributed by atoms with van der Waals surface area (Å²) in [4.78, 5) is 12.9. The van der Waals surface area contributed by atoms with Crippen LogP contribution in [0.15, 0.2) is 24.3 Å². The van der Waals surface area contributed by atoms with Crippen LogP contribution in [0.25, 0.3) is 0 Å². The SMILES string of the molecule is O=C(NC1(c2ccc(Cl)cc2)CCC1)C1CC(S(=O)(=O)N2CCOCC2)CN1. The molecule has 1 aliphatic carbocycles. The second kappa shape index (κ2) is 7.91. The molecule has 0 bridgehead atoms. The Morgan fingerprint density at radius 2 is 1.89 bits per heavy atom. The van der Waals surface area contributed by atoms with Gasteiger partial charge in [0.2, 0.25) is 15.9 Å². The molecule has 9 heteroatoms. The summed E-state index contributed by atoms with van der Waals surface area (Å²) < 4.78 is 32.4. The zero-order valence-corrected chi connectivity index (χ0v) is 17.3. The molecule has 1 aromatic carbocycles. The van der Waals surface area contributed by atoms with Crippen molar-refractivity contribution in [3.05, 3.63) is 34.9 Å². The fourth-order valence-electron chi connectivity index (χ4n) is 4.25. The van der Waals surface area contributed by atoms with Gasteiger partial charge in [0.05, 0.1) is 30.0 Å². The minimum atomic E-state index is -3.42. The Balaban J connectivity index is 1.41. The van der Waals surface area contributed by atoms with Gasteiger partial charge in [0.15, 0.2) is 0 Å². The van der Waals surface area contributed by atoms with Crippen molar-refractivity contribution in [2.24, 2.45) is 0 Å². The number of halogens is 1. The number of morpholine rings is 1. The van der Waals surface area contributed by atoms with Gasteiger partial charge in [-0.3, -0.25) is 4.79 Å². The Morgan fingerprint density at radius 3 is 2.50 bits per heavy atom. The highest BCUT2D eigenvalue weighted by Gasteiger charge is 2.44. The van der Waals surface area contributed by atoms with Crippen LogP contribution >= 0.6 is 11.6 Å². The van der Waals surface area contributed by atoms with Crippen molar-refractivity contribution >= 4 is 27.5 Å². The molecule has 2 N–H and O–H groups in total. The third kappa shape index (κ3) is 3.80. The summed E-state index contributed by atoms with van der Waals surface area (Å²) in [5.74, 6) is -0.130. The number of amides is 1. The molecule has 3 aliphatic rings. The fraction of sp³-hybridized carbons (Fsp3) is 0.632. The predicted octanol–water partition coefficient (Wildman–Crippen LogP) is 1.23. The molecular formula is C19H26ClN3O4S. The van der Waals surface area contributed by atoms with Crippen molar-refractivity contribution in [3.63, 3.8) is 0 Å². The lowest BCUT2D eigenvalue weighted by molar-refractivity contribution is -0.126. The van der Waals surface area contributed by atoms with E-state index in [0.717, 1.165) is 24.8 Å². The standard InChI is InChI=1S/C19H26ClN3O4S/c20-15-4-2-14(3-5-15)19(6-1-7-19)22-18(24)17-12-16(13-21-17)28(25,26)23-8-10-27-11-9-23/h2-5,16-17,21H,1,6-13H2,(H,22,24). The van der Waals surface area contributed by atoms with E-state index in [0.29, 0.717) is 44.3 Å². The van der Waals surface area contributed by atoms with Gasteiger partial charge in [0, 0.05) is 24.7 Å². The predicted molar refractivity (Wildman–Crippen MR) is 107 cm³/mol. The highest BCUT2D eigenvalue weighted by Crippen LogP contribution is 2.41. The molecular weight excluding hydrogens is 402 g/mol. The lowest BCUT2D eigenvalue weighted by Crippen LogP contribution is -2.55. The molecule has 1 aromatic rings. The van der Waals surface area contributed by atoms with Crippen molar-refractivity contribution in [1.82, 2.24) is 14.9 Å². The first-order valence-corrected chi connectivity index (χ1v) is 11.7. The minimum Gasteiger partial charge on any atom is -0.379 e. The van der Waals surface area contributed by atoms with Crippen LogP contribution in [0.5, 0.6) is 0 Å². The zero-order valence-electron chi connectivity index (χ0n) is 15.7. The average molecular weight is 428 g/mol. The average Bonchev–Trinajstić information content (AvgIpc) is 3.17. The molecule has 2 unspecified atom stereocenters. The first-order valence-electron chi connectivity index (χ1n) is 9.79. The highest BCUT2D eigenvalue weighted by atomic mass is 35.5. The minimum absolute atomic E-state index is 0.130. The fourth-order valence-corrected chi connectivity index (χ4v) is 6.20. The molecule has 4 rings (SSSR count). The van der Waals surface area contributed by atoms with E-state index in [2.05, 4.69) is 10.6 Å². The Kier molecular flexibility index (Phi) is 5.68. The summed E-state index contributed by atoms with van der Waals surface area (Å²) in [6, 6.07) is 7.08. The summed E-state index contributed by atoms with van der Waals surface area (Å²) in [6.45, 7) is 1.91. The smallest absolute Gasteiger partial charge is 0.237 e. The first kappa shape index (κ1) is 20.1. The van der Waals surface area contributed by atoms with Gasteiger partial charge in [0.1, 0.15) is 0 Å². The van der Waals surface area contributed by atoms with Crippen LogP contribution in [0, 0.1) is 0 Å². The van der Waals surface area contributed by atoms with E-state index in [9.17, 15) is 13.2 Å². The summed E-state index contributed by atoms with van der Waals surface area (Å²) >= 11 is 5.99. The van der Waals surface area contributed by atoms with Gasteiger partial charge >= 0.3 is 0 Å². The zero-order chi connectivity index (χ0) is 19.8. The maximum Gasteiger partial charge on any atom is 0.237 e. The van der Waals surface area contributed by atoms with Crippen LogP contribution in [0.1, 0.15) is 31.2 Å². The van der Waals surface area contributed by atoms with Gasteiger partial charge in [-0.2, -0.15) is 4.31 Å². The number of nitrogens with one attached hydrogen (secondary N) is 2. The Hall–Kier alpha value is -1.19. The van der Waals surface area contributed by atoms with Gasteiger partial charge in [-0.05, 0) is 43.4 Å². The van der Waals surface area contributed by atoms with Crippen LogP contribution in [-0.4, -0.2) is 62.8 Å². The maximum absolute atomic E-state index is 12.9. The number of carbonyl (C=O) groups is 1. The van der Waals surface area contributed by atoms with Gasteiger partial charge < -0.3 is 15.4 Å². The number of rotatable bonds is 5. The van der Waals surface area contributed by atoms with E-state index in [1.807, 2.05) is 24.3 Å². The third-order valence-corrected chi connectivity index (χ3v) is 8.66. The molecule has 154 valence electrons. The van der Waals surface area contributed by atoms with Crippen LogP contribution in [0.2, 0.25) is 5.02 Å². The van der Waals surface area contributed by atoms with Crippen molar-refractivity contribution in [2.75, 3.05) is 32.8 Å². The number of benzene rings is 1. The van der Waals surface area contributed by atoms with Crippen LogP contribution < -0.4 is 10.6 Å². The van der Waals surface area contributed by atoms with Gasteiger partial charge in [-0.25, -0.2) is 8.42 Å². The second-order valence-corrected chi connectivity index (χ2v) is 10.5. The Labute approximate surface area is 170 Å². The van der Waals surface area contributed by atoms with E-state index in [1.165, 1.54) is 4.31 Å². The van der Waals surface area contributed by atoms with E-state index in [-0.39, 0.29) is 11.4 Å². The van der Waals surface area contributed by atoms with Crippen molar-refractivity contribution in [2.45, 2.75) is 42.5 Å². The van der Waals surface area contributed by atoms with E-state index < -0.39 is 21.3 Å². The number of ether oxygens (including phenoxy) is 1. The molecule has 2 heterocycles. The molecule has 1 saturated carbocycles. The van der Waals surface area contributed by atoms with Gasteiger partial charge in [0.25, 0.3) is 0 Å². The van der Waals surface area contributed by atoms with Crippen molar-refractivity contribution in [1.29, 1.82) is 0 Å². The van der Waals surface area contributed by atoms with E-state index in [1.54, 1.807) is 0 Å². The van der Waals surface area contributed by atoms with Crippen LogP contribution in [0.3, 0.4) is 0 Å². The molecule has 2 aliphatic heterocycles. The molecule has 2 atom stereocenters. The summed E-state index contributed by atoms with van der Waals surface area (Å²) in [5, 5.41) is 6.39. The normalized spacial score (nSPS) is 27.9. The maximum atomic E-state index is 12.9. The second-order valence-electron chi connectivity index (χ2n) is 7.81. The molecule has 28 heavy (non-hydrogen) atoms. The Morgan fingerprint density at radius 1 is 1.21 bits per heavy atom. The summed E-state index contributed by atoms with van der Waals surface area (Å²) in [6.07, 6.45) is 3.10. The summed E-state index contributed by atoms with van der Waals surface area (Å²) in [5.41, 5.74) is 0.678. The lowest BCUT2D eigenvalue weighted by Gasteiger charge is -2.43. The van der Waals surface area contributed by atoms with Crippen molar-refractivity contribution in [3.8, 4) is 0 Å². The van der Waals surface area contributed by atoms with Crippen LogP contribution in [0.4, 0.5) is 0 Å². The molecule has 2 saturated heterocycles. The highest BCUT2D eigenvalue weighted by molar-refractivity contribution is 7.89. The molecule has 1 amide bonds. The molecule has 0 radical (unpaired) electrons. The molecule has 3 fully saturated rings. The number of hydrogen-bond donors (Lipinski definition) is 2. The molecule has 0 aromatic heterocycles. The number of sulfonamides is 1. The summed E-state index contributed by atoms with van der Waals surface area (Å²) in [7, 11) is -3.42. The quantitative estimate of drug-likeness (QED) is 0.737. The largest absolute Gasteiger partial charge is 0.379 e. The van der Waals surface area contributed by atoms with E-state index >= 15 is 0 Å². The third-order valence-electron chi connectivity index (χ3n) is 6.12. The molecule has 0 spiro atoms. The number of carbonyl (C=O) groups excluding carboxylic acids is 1. The molecule has 7 nitrogen and oxygen atoms in total. The lowest BCUT2D eigenvalue weighted by atomic mass is 9.71.